The first-order valence-corrected chi connectivity index (χ1v) is 11.6. The number of ether oxygens (including phenoxy) is 1. The Kier molecular flexibility index (Phi) is 6.86. The van der Waals surface area contributed by atoms with Crippen LogP contribution in [0.15, 0.2) is 36.4 Å². The Hall–Kier alpha value is -2.71. The second kappa shape index (κ2) is 9.65. The van der Waals surface area contributed by atoms with Crippen molar-refractivity contribution >= 4 is 35.3 Å². The predicted molar refractivity (Wildman–Crippen MR) is 121 cm³/mol. The van der Waals surface area contributed by atoms with Gasteiger partial charge in [0.15, 0.2) is 0 Å². The van der Waals surface area contributed by atoms with Gasteiger partial charge in [0.25, 0.3) is 0 Å². The van der Waals surface area contributed by atoms with Crippen molar-refractivity contribution in [3.63, 3.8) is 0 Å². The molecule has 4 atom stereocenters. The molecule has 2 fully saturated rings. The van der Waals surface area contributed by atoms with Crippen LogP contribution in [0.3, 0.4) is 0 Å². The largest absolute Gasteiger partial charge is 0.468 e. The summed E-state index contributed by atoms with van der Waals surface area (Å²) in [6.45, 7) is 3.22. The highest BCUT2D eigenvalue weighted by molar-refractivity contribution is 6.31. The summed E-state index contributed by atoms with van der Waals surface area (Å²) in [6.07, 6.45) is 4.95. The fraction of sp³-hybridized carbons (Fsp3) is 0.500. The fourth-order valence-corrected chi connectivity index (χ4v) is 5.30. The number of hydrogen-bond acceptors (Lipinski definition) is 6. The van der Waals surface area contributed by atoms with Gasteiger partial charge in [-0.25, -0.2) is 4.79 Å². The third kappa shape index (κ3) is 4.29. The smallest absolute Gasteiger partial charge is 0.327 e. The third-order valence-electron chi connectivity index (χ3n) is 6.90. The molecule has 176 valence electrons. The lowest BCUT2D eigenvalue weighted by molar-refractivity contribution is -0.153. The van der Waals surface area contributed by atoms with Crippen molar-refractivity contribution in [3.05, 3.63) is 47.0 Å². The predicted octanol–water partition coefficient (Wildman–Crippen LogP) is 2.04. The second-order valence-electron chi connectivity index (χ2n) is 8.69. The van der Waals surface area contributed by atoms with Crippen molar-refractivity contribution < 1.29 is 23.9 Å². The number of piperazine rings is 1. The van der Waals surface area contributed by atoms with Crippen molar-refractivity contribution in [1.29, 1.82) is 0 Å². The van der Waals surface area contributed by atoms with Crippen molar-refractivity contribution in [2.75, 3.05) is 33.3 Å². The van der Waals surface area contributed by atoms with Gasteiger partial charge in [0, 0.05) is 31.2 Å². The molecule has 4 rings (SSSR count). The molecule has 9 heteroatoms. The van der Waals surface area contributed by atoms with Crippen LogP contribution in [0.1, 0.15) is 31.4 Å². The van der Waals surface area contributed by atoms with E-state index < -0.39 is 18.1 Å². The number of amides is 3. The zero-order valence-corrected chi connectivity index (χ0v) is 19.5. The van der Waals surface area contributed by atoms with E-state index in [4.69, 9.17) is 16.3 Å². The molecule has 0 N–H and O–H groups in total. The SMILES string of the molecule is COC(=O)[C@H](c1ccccc1Cl)N1CCN(C(=O)[C@H](C)N2C(=O)[C@H]3CC=CC[C@@H]3C2=O)CC1. The van der Waals surface area contributed by atoms with Crippen LogP contribution in [0, 0.1) is 11.8 Å². The number of rotatable bonds is 5. The Balaban J connectivity index is 1.43. The van der Waals surface area contributed by atoms with E-state index >= 15 is 0 Å². The maximum Gasteiger partial charge on any atom is 0.327 e. The van der Waals surface area contributed by atoms with Gasteiger partial charge in [-0.2, -0.15) is 0 Å². The van der Waals surface area contributed by atoms with E-state index in [-0.39, 0.29) is 29.6 Å². The minimum absolute atomic E-state index is 0.252. The van der Waals surface area contributed by atoms with Gasteiger partial charge < -0.3 is 9.64 Å². The molecule has 8 nitrogen and oxygen atoms in total. The number of allylic oxidation sites excluding steroid dienone is 2. The van der Waals surface area contributed by atoms with Gasteiger partial charge in [-0.1, -0.05) is 42.0 Å². The number of fused-ring (bicyclic) bond motifs is 1. The molecule has 0 aromatic heterocycles. The molecule has 0 bridgehead atoms. The van der Waals surface area contributed by atoms with Crippen LogP contribution >= 0.6 is 11.6 Å². The zero-order valence-electron chi connectivity index (χ0n) is 18.8. The summed E-state index contributed by atoms with van der Waals surface area (Å²) in [5.74, 6) is -1.88. The molecule has 1 aromatic carbocycles. The van der Waals surface area contributed by atoms with Crippen LogP contribution in [-0.4, -0.2) is 77.7 Å². The average molecular weight is 474 g/mol. The molecule has 3 aliphatic rings. The molecular formula is C24H28ClN3O5. The molecule has 1 aliphatic carbocycles. The zero-order chi connectivity index (χ0) is 23.7. The van der Waals surface area contributed by atoms with Crippen LogP contribution in [0.25, 0.3) is 0 Å². The summed E-state index contributed by atoms with van der Waals surface area (Å²) in [5.41, 5.74) is 0.656. The molecule has 0 unspecified atom stereocenters. The van der Waals surface area contributed by atoms with Crippen molar-refractivity contribution in [2.24, 2.45) is 11.8 Å². The molecule has 0 spiro atoms. The first-order chi connectivity index (χ1) is 15.8. The molecule has 0 saturated carbocycles. The Morgan fingerprint density at radius 2 is 1.58 bits per heavy atom. The second-order valence-corrected chi connectivity index (χ2v) is 9.09. The summed E-state index contributed by atoms with van der Waals surface area (Å²) >= 11 is 6.34. The quantitative estimate of drug-likeness (QED) is 0.369. The highest BCUT2D eigenvalue weighted by Gasteiger charge is 2.50. The van der Waals surface area contributed by atoms with E-state index in [1.54, 1.807) is 30.0 Å². The maximum atomic E-state index is 13.2. The lowest BCUT2D eigenvalue weighted by atomic mass is 9.85. The molecule has 2 heterocycles. The molecule has 33 heavy (non-hydrogen) atoms. The van der Waals surface area contributed by atoms with Gasteiger partial charge >= 0.3 is 5.97 Å². The number of hydrogen-bond donors (Lipinski definition) is 0. The van der Waals surface area contributed by atoms with Crippen LogP contribution in [0.5, 0.6) is 0 Å². The summed E-state index contributed by atoms with van der Waals surface area (Å²) in [6, 6.07) is 5.62. The number of esters is 1. The van der Waals surface area contributed by atoms with Crippen LogP contribution in [0.2, 0.25) is 5.02 Å². The minimum atomic E-state index is -0.845. The van der Waals surface area contributed by atoms with E-state index in [9.17, 15) is 19.2 Å². The van der Waals surface area contributed by atoms with E-state index in [1.165, 1.54) is 7.11 Å². The van der Waals surface area contributed by atoms with Gasteiger partial charge in [-0.3, -0.25) is 24.2 Å². The van der Waals surface area contributed by atoms with E-state index in [2.05, 4.69) is 0 Å². The number of carbonyl (C=O) groups excluding carboxylic acids is 4. The van der Waals surface area contributed by atoms with Gasteiger partial charge in [0.1, 0.15) is 12.1 Å². The monoisotopic (exact) mass is 473 g/mol. The first-order valence-electron chi connectivity index (χ1n) is 11.2. The molecule has 2 saturated heterocycles. The van der Waals surface area contributed by atoms with Gasteiger partial charge in [-0.15, -0.1) is 0 Å². The molecule has 2 aliphatic heterocycles. The van der Waals surface area contributed by atoms with Gasteiger partial charge in [0.05, 0.1) is 18.9 Å². The fourth-order valence-electron chi connectivity index (χ4n) is 5.06. The Morgan fingerprint density at radius 3 is 2.12 bits per heavy atom. The van der Waals surface area contributed by atoms with Crippen LogP contribution in [-0.2, 0) is 23.9 Å². The number of nitrogens with zero attached hydrogens (tertiary/aromatic N) is 3. The Bertz CT molecular complexity index is 962. The lowest BCUT2D eigenvalue weighted by Gasteiger charge is -2.39. The Morgan fingerprint density at radius 1 is 1.00 bits per heavy atom. The van der Waals surface area contributed by atoms with Gasteiger partial charge in [0.2, 0.25) is 17.7 Å². The summed E-state index contributed by atoms with van der Waals surface area (Å²) in [4.78, 5) is 56.2. The van der Waals surface area contributed by atoms with E-state index in [0.29, 0.717) is 49.6 Å². The Labute approximate surface area is 198 Å². The van der Waals surface area contributed by atoms with Crippen LogP contribution in [0.4, 0.5) is 0 Å². The van der Waals surface area contributed by atoms with Gasteiger partial charge in [-0.05, 0) is 31.4 Å². The highest BCUT2D eigenvalue weighted by atomic mass is 35.5. The summed E-state index contributed by atoms with van der Waals surface area (Å²) in [7, 11) is 1.34. The lowest BCUT2D eigenvalue weighted by Crippen LogP contribution is -2.56. The first kappa shape index (κ1) is 23.4. The molecular weight excluding hydrogens is 446 g/mol. The summed E-state index contributed by atoms with van der Waals surface area (Å²) < 4.78 is 5.02. The number of imide groups is 1. The third-order valence-corrected chi connectivity index (χ3v) is 7.25. The number of benzene rings is 1. The topological polar surface area (TPSA) is 87.2 Å². The number of likely N-dealkylation sites (tertiary alicyclic amines) is 1. The molecule has 3 amide bonds. The van der Waals surface area contributed by atoms with Crippen molar-refractivity contribution in [1.82, 2.24) is 14.7 Å². The van der Waals surface area contributed by atoms with Crippen LogP contribution < -0.4 is 0 Å². The summed E-state index contributed by atoms with van der Waals surface area (Å²) in [5, 5.41) is 0.474. The molecule has 0 radical (unpaired) electrons. The van der Waals surface area contributed by atoms with Crippen molar-refractivity contribution in [3.8, 4) is 0 Å². The number of carbonyl (C=O) groups is 4. The van der Waals surface area contributed by atoms with Crippen molar-refractivity contribution in [2.45, 2.75) is 31.8 Å². The normalized spacial score (nSPS) is 25.1. The minimum Gasteiger partial charge on any atom is -0.468 e. The highest BCUT2D eigenvalue weighted by Crippen LogP contribution is 2.36. The average Bonchev–Trinajstić information content (AvgIpc) is 3.10. The number of halogens is 1. The maximum absolute atomic E-state index is 13.2. The van der Waals surface area contributed by atoms with E-state index in [0.717, 1.165) is 4.90 Å². The molecule has 1 aromatic rings. The number of methoxy groups -OCH3 is 1. The van der Waals surface area contributed by atoms with E-state index in [1.807, 2.05) is 23.1 Å². The standard InChI is InChI=1S/C24H28ClN3O5/c1-15(28-22(30)16-7-3-4-8-17(16)23(28)31)21(29)27-13-11-26(12-14-27)20(24(32)33-2)18-9-5-6-10-19(18)25/h3-6,9-10,15-17,20H,7-8,11-14H2,1-2H3/t15-,16-,17-,20-/m0/s1.